The van der Waals surface area contributed by atoms with Gasteiger partial charge in [-0.15, -0.1) is 0 Å². The molecule has 19 heavy (non-hydrogen) atoms. The summed E-state index contributed by atoms with van der Waals surface area (Å²) in [6, 6.07) is 4.04. The van der Waals surface area contributed by atoms with Crippen LogP contribution in [0.15, 0.2) is 18.2 Å². The van der Waals surface area contributed by atoms with E-state index in [1.807, 2.05) is 0 Å². The molecule has 1 aromatic rings. The number of hydrogen-bond acceptors (Lipinski definition) is 2. The van der Waals surface area contributed by atoms with E-state index in [-0.39, 0.29) is 23.3 Å². The molecule has 102 valence electrons. The summed E-state index contributed by atoms with van der Waals surface area (Å²) < 4.78 is 13.6. The van der Waals surface area contributed by atoms with E-state index in [2.05, 4.69) is 5.32 Å². The molecule has 0 aliphatic heterocycles. The molecule has 0 spiro atoms. The molecule has 0 heterocycles. The molecule has 1 amide bonds. The fraction of sp³-hybridized carbons (Fsp3) is 0.467. The molecular weight excluding hydrogens is 245 g/mol. The highest BCUT2D eigenvalue weighted by Gasteiger charge is 2.22. The summed E-state index contributed by atoms with van der Waals surface area (Å²) in [6.45, 7) is 1.42. The van der Waals surface area contributed by atoms with Gasteiger partial charge in [-0.05, 0) is 38.0 Å². The lowest BCUT2D eigenvalue weighted by Crippen LogP contribution is -2.25. The highest BCUT2D eigenvalue weighted by molar-refractivity contribution is 5.97. The number of anilines is 1. The van der Waals surface area contributed by atoms with Crippen LogP contribution in [0.5, 0.6) is 0 Å². The van der Waals surface area contributed by atoms with Crippen LogP contribution in [0.2, 0.25) is 0 Å². The largest absolute Gasteiger partial charge is 0.323 e. The summed E-state index contributed by atoms with van der Waals surface area (Å²) >= 11 is 0. The Morgan fingerprint density at radius 1 is 1.21 bits per heavy atom. The van der Waals surface area contributed by atoms with Crippen LogP contribution in [-0.4, -0.2) is 11.7 Å². The summed E-state index contributed by atoms with van der Waals surface area (Å²) in [6.07, 6.45) is 4.99. The molecule has 1 fully saturated rings. The lowest BCUT2D eigenvalue weighted by molar-refractivity contribution is -0.120. The third kappa shape index (κ3) is 3.40. The predicted octanol–water partition coefficient (Wildman–Crippen LogP) is 3.55. The second-order valence-corrected chi connectivity index (χ2v) is 5.07. The molecule has 2 rings (SSSR count). The number of carbonyl (C=O) groups is 2. The molecule has 0 aromatic heterocycles. The van der Waals surface area contributed by atoms with Crippen molar-refractivity contribution in [3.8, 4) is 0 Å². The Labute approximate surface area is 112 Å². The maximum atomic E-state index is 13.6. The summed E-state index contributed by atoms with van der Waals surface area (Å²) in [5, 5.41) is 2.61. The third-order valence-electron chi connectivity index (χ3n) is 3.61. The number of ketones is 1. The maximum Gasteiger partial charge on any atom is 0.227 e. The number of rotatable bonds is 3. The molecule has 0 atom stereocenters. The van der Waals surface area contributed by atoms with E-state index >= 15 is 0 Å². The van der Waals surface area contributed by atoms with Gasteiger partial charge in [-0.25, -0.2) is 4.39 Å². The molecule has 0 bridgehead atoms. The molecule has 1 aliphatic rings. The fourth-order valence-corrected chi connectivity index (χ4v) is 2.44. The van der Waals surface area contributed by atoms with Crippen LogP contribution >= 0.6 is 0 Å². The molecule has 0 radical (unpaired) electrons. The predicted molar refractivity (Wildman–Crippen MR) is 71.6 cm³/mol. The Hall–Kier alpha value is -1.71. The van der Waals surface area contributed by atoms with Crippen LogP contribution in [0.1, 0.15) is 49.4 Å². The fourth-order valence-electron chi connectivity index (χ4n) is 2.44. The lowest BCUT2D eigenvalue weighted by atomic mass is 9.88. The van der Waals surface area contributed by atoms with Crippen molar-refractivity contribution in [2.45, 2.75) is 39.0 Å². The number of Topliss-reactive ketones (excluding diaryl/α,β-unsaturated/α-hetero) is 1. The number of benzene rings is 1. The van der Waals surface area contributed by atoms with Crippen LogP contribution < -0.4 is 5.32 Å². The maximum absolute atomic E-state index is 13.6. The van der Waals surface area contributed by atoms with Crippen molar-refractivity contribution in [2.75, 3.05) is 5.32 Å². The van der Waals surface area contributed by atoms with E-state index in [0.717, 1.165) is 32.1 Å². The van der Waals surface area contributed by atoms with E-state index in [1.54, 1.807) is 0 Å². The van der Waals surface area contributed by atoms with Crippen LogP contribution in [0, 0.1) is 11.7 Å². The first-order valence-corrected chi connectivity index (χ1v) is 6.69. The highest BCUT2D eigenvalue weighted by Crippen LogP contribution is 2.25. The smallest absolute Gasteiger partial charge is 0.227 e. The zero-order chi connectivity index (χ0) is 13.8. The van der Waals surface area contributed by atoms with Gasteiger partial charge in [-0.3, -0.25) is 9.59 Å². The highest BCUT2D eigenvalue weighted by atomic mass is 19.1. The van der Waals surface area contributed by atoms with Crippen LogP contribution in [0.25, 0.3) is 0 Å². The summed E-state index contributed by atoms with van der Waals surface area (Å²) in [5.41, 5.74) is 0.503. The van der Waals surface area contributed by atoms with Crippen molar-refractivity contribution in [1.29, 1.82) is 0 Å². The minimum Gasteiger partial charge on any atom is -0.323 e. The van der Waals surface area contributed by atoms with Crippen molar-refractivity contribution in [3.05, 3.63) is 29.6 Å². The van der Waals surface area contributed by atoms with E-state index in [9.17, 15) is 14.0 Å². The molecule has 4 heteroatoms. The number of hydrogen-bond donors (Lipinski definition) is 1. The molecule has 1 aliphatic carbocycles. The first-order chi connectivity index (χ1) is 9.08. The minimum absolute atomic E-state index is 0.0332. The number of nitrogens with one attached hydrogen (secondary N) is 1. The van der Waals surface area contributed by atoms with Crippen molar-refractivity contribution in [2.24, 2.45) is 5.92 Å². The van der Waals surface area contributed by atoms with Gasteiger partial charge >= 0.3 is 0 Å². The topological polar surface area (TPSA) is 46.2 Å². The lowest BCUT2D eigenvalue weighted by Gasteiger charge is -2.21. The average Bonchev–Trinajstić information content (AvgIpc) is 2.42. The monoisotopic (exact) mass is 263 g/mol. The Morgan fingerprint density at radius 2 is 1.89 bits per heavy atom. The number of carbonyl (C=O) groups excluding carboxylic acids is 2. The molecule has 1 N–H and O–H groups in total. The quantitative estimate of drug-likeness (QED) is 0.848. The van der Waals surface area contributed by atoms with Gasteiger partial charge in [0.05, 0.1) is 5.69 Å². The Bertz CT molecular complexity index is 493. The molecule has 3 nitrogen and oxygen atoms in total. The first kappa shape index (κ1) is 13.7. The summed E-state index contributed by atoms with van der Waals surface area (Å²) in [4.78, 5) is 23.3. The molecule has 0 saturated heterocycles. The zero-order valence-corrected chi connectivity index (χ0v) is 11.0. The number of halogens is 1. The van der Waals surface area contributed by atoms with Gasteiger partial charge in [0.25, 0.3) is 0 Å². The SMILES string of the molecule is CC(=O)c1ccc(F)c(NC(=O)C2CCCCC2)c1. The van der Waals surface area contributed by atoms with Gasteiger partial charge in [0.1, 0.15) is 5.82 Å². The summed E-state index contributed by atoms with van der Waals surface area (Å²) in [7, 11) is 0. The Balaban J connectivity index is 2.11. The van der Waals surface area contributed by atoms with E-state index in [0.29, 0.717) is 5.56 Å². The number of amides is 1. The minimum atomic E-state index is -0.505. The van der Waals surface area contributed by atoms with E-state index in [1.165, 1.54) is 25.1 Å². The second kappa shape index (κ2) is 5.95. The van der Waals surface area contributed by atoms with Crippen molar-refractivity contribution >= 4 is 17.4 Å². The van der Waals surface area contributed by atoms with Crippen LogP contribution in [-0.2, 0) is 4.79 Å². The average molecular weight is 263 g/mol. The standard InChI is InChI=1S/C15H18FNO2/c1-10(18)12-7-8-13(16)14(9-12)17-15(19)11-5-3-2-4-6-11/h7-9,11H,2-6H2,1H3,(H,17,19). The van der Waals surface area contributed by atoms with Gasteiger partial charge in [-0.1, -0.05) is 19.3 Å². The van der Waals surface area contributed by atoms with Crippen molar-refractivity contribution < 1.29 is 14.0 Å². The molecule has 1 saturated carbocycles. The summed E-state index contributed by atoms with van der Waals surface area (Å²) in [5.74, 6) is -0.823. The van der Waals surface area contributed by atoms with E-state index in [4.69, 9.17) is 0 Å². The van der Waals surface area contributed by atoms with Crippen LogP contribution in [0.3, 0.4) is 0 Å². The normalized spacial score (nSPS) is 16.1. The van der Waals surface area contributed by atoms with Gasteiger partial charge in [0, 0.05) is 11.5 Å². The van der Waals surface area contributed by atoms with Gasteiger partial charge in [0.15, 0.2) is 5.78 Å². The van der Waals surface area contributed by atoms with Gasteiger partial charge in [-0.2, -0.15) is 0 Å². The van der Waals surface area contributed by atoms with Gasteiger partial charge < -0.3 is 5.32 Å². The third-order valence-corrected chi connectivity index (χ3v) is 3.61. The molecule has 0 unspecified atom stereocenters. The second-order valence-electron chi connectivity index (χ2n) is 5.07. The van der Waals surface area contributed by atoms with Crippen molar-refractivity contribution in [3.63, 3.8) is 0 Å². The Kier molecular flexibility index (Phi) is 4.30. The van der Waals surface area contributed by atoms with Gasteiger partial charge in [0.2, 0.25) is 5.91 Å². The molecular formula is C15H18FNO2. The van der Waals surface area contributed by atoms with E-state index < -0.39 is 5.82 Å². The first-order valence-electron chi connectivity index (χ1n) is 6.69. The van der Waals surface area contributed by atoms with Crippen molar-refractivity contribution in [1.82, 2.24) is 0 Å². The zero-order valence-electron chi connectivity index (χ0n) is 11.0. The molecule has 1 aromatic carbocycles. The Morgan fingerprint density at radius 3 is 2.53 bits per heavy atom. The van der Waals surface area contributed by atoms with Crippen LogP contribution in [0.4, 0.5) is 10.1 Å².